The number of benzene rings is 2. The number of hydrogen-bond acceptors (Lipinski definition) is 5. The molecule has 1 N–H and O–H groups in total. The SMILES string of the molecule is CN(C)CCNc1c2ccccc2[n+](C)c2c1oc1ccc(OCC[N+]3(C)CCOCC3)cc12.[I-].[I-]. The molecule has 0 amide bonds. The first-order chi connectivity index (χ1) is 16.5. The number of rotatable bonds is 8. The van der Waals surface area contributed by atoms with Gasteiger partial charge in [0, 0.05) is 19.2 Å². The van der Waals surface area contributed by atoms with Crippen molar-refractivity contribution in [3.05, 3.63) is 42.5 Å². The Bertz CT molecular complexity index is 1320. The predicted molar refractivity (Wildman–Crippen MR) is 137 cm³/mol. The van der Waals surface area contributed by atoms with Gasteiger partial charge < -0.3 is 76.5 Å². The fourth-order valence-electron chi connectivity index (χ4n) is 4.85. The van der Waals surface area contributed by atoms with E-state index in [4.69, 9.17) is 13.9 Å². The number of aromatic nitrogens is 1. The van der Waals surface area contributed by atoms with E-state index in [-0.39, 0.29) is 48.0 Å². The molecule has 5 rings (SSSR count). The smallest absolute Gasteiger partial charge is 0.261 e. The number of quaternary nitrogens is 1. The van der Waals surface area contributed by atoms with E-state index in [1.165, 1.54) is 5.52 Å². The minimum Gasteiger partial charge on any atom is -1.00 e. The molecule has 1 saturated heterocycles. The van der Waals surface area contributed by atoms with Crippen LogP contribution in [0.5, 0.6) is 5.75 Å². The molecule has 0 bridgehead atoms. The predicted octanol–water partition coefficient (Wildman–Crippen LogP) is -2.60. The van der Waals surface area contributed by atoms with Crippen LogP contribution in [0.3, 0.4) is 0 Å². The van der Waals surface area contributed by atoms with Crippen molar-refractivity contribution < 1.29 is 70.9 Å². The second kappa shape index (κ2) is 12.4. The van der Waals surface area contributed by atoms with Crippen molar-refractivity contribution in [2.24, 2.45) is 7.05 Å². The average Bonchev–Trinajstić information content (AvgIpc) is 3.20. The highest BCUT2D eigenvalue weighted by atomic mass is 127. The third-order valence-corrected chi connectivity index (χ3v) is 7.04. The van der Waals surface area contributed by atoms with Gasteiger partial charge in [-0.15, -0.1) is 0 Å². The lowest BCUT2D eigenvalue weighted by Crippen LogP contribution is -3.00. The van der Waals surface area contributed by atoms with Crippen molar-refractivity contribution in [2.75, 3.05) is 79.0 Å². The van der Waals surface area contributed by atoms with Crippen LogP contribution in [0.1, 0.15) is 0 Å². The number of anilines is 1. The fraction of sp³-hybridized carbons (Fsp3) is 0.444. The Morgan fingerprint density at radius 1 is 1.06 bits per heavy atom. The molecule has 0 radical (unpaired) electrons. The van der Waals surface area contributed by atoms with E-state index in [0.29, 0.717) is 6.61 Å². The molecule has 36 heavy (non-hydrogen) atoms. The molecule has 3 heterocycles. The van der Waals surface area contributed by atoms with E-state index in [9.17, 15) is 0 Å². The van der Waals surface area contributed by atoms with Crippen LogP contribution < -0.4 is 62.6 Å². The first kappa shape index (κ1) is 29.2. The lowest BCUT2D eigenvalue weighted by molar-refractivity contribution is -0.916. The van der Waals surface area contributed by atoms with Crippen LogP contribution in [-0.2, 0) is 11.8 Å². The Balaban J connectivity index is 0.00000180. The van der Waals surface area contributed by atoms with E-state index in [1.807, 2.05) is 12.1 Å². The highest BCUT2D eigenvalue weighted by Gasteiger charge is 2.26. The number of furan rings is 1. The maximum absolute atomic E-state index is 6.43. The Labute approximate surface area is 247 Å². The van der Waals surface area contributed by atoms with Crippen molar-refractivity contribution in [3.8, 4) is 5.75 Å². The zero-order chi connectivity index (χ0) is 23.7. The number of morpholine rings is 1. The van der Waals surface area contributed by atoms with Crippen molar-refractivity contribution in [1.82, 2.24) is 4.90 Å². The van der Waals surface area contributed by atoms with Crippen molar-refractivity contribution in [3.63, 3.8) is 0 Å². The minimum absolute atomic E-state index is 0. The van der Waals surface area contributed by atoms with Crippen LogP contribution in [0.2, 0.25) is 0 Å². The first-order valence-corrected chi connectivity index (χ1v) is 12.1. The number of halogens is 2. The summed E-state index contributed by atoms with van der Waals surface area (Å²) in [4.78, 5) is 2.18. The molecular weight excluding hydrogens is 682 g/mol. The Hall–Kier alpha value is -1.41. The molecule has 1 aliphatic heterocycles. The zero-order valence-corrected chi connectivity index (χ0v) is 25.8. The second-order valence-electron chi connectivity index (χ2n) is 9.87. The standard InChI is InChI=1S/C27H35N4O3.2HI/c1-29(2)12-11-28-25-21-7-5-6-8-23(21)30(3)26-22-19-20(9-10-24(22)34-27(25)26)33-18-15-31(4)13-16-32-17-14-31;;/h5-10,19H,11-18H2,1-4H3;2*1H/q+1;;/p-1. The molecule has 0 spiro atoms. The fourth-order valence-corrected chi connectivity index (χ4v) is 4.85. The van der Waals surface area contributed by atoms with Crippen LogP contribution in [0.4, 0.5) is 5.69 Å². The molecule has 2 aromatic heterocycles. The topological polar surface area (TPSA) is 50.8 Å². The number of pyridine rings is 1. The van der Waals surface area contributed by atoms with Crippen molar-refractivity contribution >= 4 is 38.7 Å². The van der Waals surface area contributed by atoms with Gasteiger partial charge in [0.1, 0.15) is 44.6 Å². The van der Waals surface area contributed by atoms with E-state index >= 15 is 0 Å². The van der Waals surface area contributed by atoms with Crippen molar-refractivity contribution in [1.29, 1.82) is 0 Å². The number of hydrogen-bond donors (Lipinski definition) is 1. The van der Waals surface area contributed by atoms with Crippen LogP contribution in [0.15, 0.2) is 46.9 Å². The summed E-state index contributed by atoms with van der Waals surface area (Å²) in [5, 5.41) is 5.88. The van der Waals surface area contributed by atoms with Gasteiger partial charge in [0.05, 0.1) is 36.7 Å². The first-order valence-electron chi connectivity index (χ1n) is 12.1. The molecule has 9 heteroatoms. The largest absolute Gasteiger partial charge is 1.00 e. The summed E-state index contributed by atoms with van der Waals surface area (Å²) in [7, 11) is 8.57. The number of aryl methyl sites for hydroxylation is 1. The number of nitrogens with zero attached hydrogens (tertiary/aromatic N) is 3. The molecule has 0 saturated carbocycles. The van der Waals surface area contributed by atoms with Crippen molar-refractivity contribution in [2.45, 2.75) is 0 Å². The summed E-state index contributed by atoms with van der Waals surface area (Å²) in [6, 6.07) is 14.7. The van der Waals surface area contributed by atoms with Gasteiger partial charge in [-0.3, -0.25) is 0 Å². The van der Waals surface area contributed by atoms with Gasteiger partial charge in [0.2, 0.25) is 11.1 Å². The Morgan fingerprint density at radius 2 is 1.81 bits per heavy atom. The summed E-state index contributed by atoms with van der Waals surface area (Å²) < 4.78 is 21.4. The highest BCUT2D eigenvalue weighted by molar-refractivity contribution is 6.11. The molecule has 0 aliphatic carbocycles. The molecular formula is C27H36I2N4O3. The molecule has 7 nitrogen and oxygen atoms in total. The lowest BCUT2D eigenvalue weighted by Gasteiger charge is -2.37. The van der Waals surface area contributed by atoms with Gasteiger partial charge >= 0.3 is 0 Å². The summed E-state index contributed by atoms with van der Waals surface area (Å²) in [5.41, 5.74) is 5.06. The summed E-state index contributed by atoms with van der Waals surface area (Å²) in [6.45, 7) is 7.20. The van der Waals surface area contributed by atoms with Gasteiger partial charge in [0.25, 0.3) is 5.52 Å². The van der Waals surface area contributed by atoms with Gasteiger partial charge in [-0.1, -0.05) is 12.1 Å². The van der Waals surface area contributed by atoms with Gasteiger partial charge in [-0.05, 0) is 38.4 Å². The maximum atomic E-state index is 6.43. The second-order valence-corrected chi connectivity index (χ2v) is 9.87. The summed E-state index contributed by atoms with van der Waals surface area (Å²) >= 11 is 0. The minimum atomic E-state index is 0. The third kappa shape index (κ3) is 6.01. The van der Waals surface area contributed by atoms with Gasteiger partial charge in [-0.2, -0.15) is 4.57 Å². The molecule has 1 aliphatic rings. The van der Waals surface area contributed by atoms with Crippen LogP contribution in [0, 0.1) is 0 Å². The maximum Gasteiger partial charge on any atom is 0.261 e. The molecule has 0 unspecified atom stereocenters. The van der Waals surface area contributed by atoms with Crippen LogP contribution in [0.25, 0.3) is 33.0 Å². The number of ether oxygens (including phenoxy) is 2. The third-order valence-electron chi connectivity index (χ3n) is 7.04. The molecule has 1 fully saturated rings. The Morgan fingerprint density at radius 3 is 2.56 bits per heavy atom. The van der Waals surface area contributed by atoms with E-state index < -0.39 is 0 Å². The monoisotopic (exact) mass is 718 g/mol. The normalized spacial score (nSPS) is 15.1. The summed E-state index contributed by atoms with van der Waals surface area (Å²) in [5.74, 6) is 0.880. The van der Waals surface area contributed by atoms with Gasteiger partial charge in [0.15, 0.2) is 0 Å². The molecule has 2 aromatic carbocycles. The number of fused-ring (bicyclic) bond motifs is 4. The molecule has 4 aromatic rings. The van der Waals surface area contributed by atoms with E-state index in [2.05, 4.69) is 73.3 Å². The van der Waals surface area contributed by atoms with E-state index in [1.54, 1.807) is 0 Å². The summed E-state index contributed by atoms with van der Waals surface area (Å²) in [6.07, 6.45) is 0. The van der Waals surface area contributed by atoms with Crippen LogP contribution >= 0.6 is 0 Å². The lowest BCUT2D eigenvalue weighted by atomic mass is 10.1. The quantitative estimate of drug-likeness (QED) is 0.123. The molecule has 196 valence electrons. The van der Waals surface area contributed by atoms with Crippen LogP contribution in [-0.4, -0.2) is 83.1 Å². The number of nitrogens with one attached hydrogen (secondary N) is 1. The number of likely N-dealkylation sites (N-methyl/N-ethyl adjacent to an activating group) is 2. The Kier molecular flexibility index (Phi) is 10.1. The number of para-hydroxylation sites is 1. The van der Waals surface area contributed by atoms with Gasteiger partial charge in [-0.25, -0.2) is 0 Å². The molecule has 0 atom stereocenters. The average molecular weight is 718 g/mol. The highest BCUT2D eigenvalue weighted by Crippen LogP contribution is 2.37. The van der Waals surface area contributed by atoms with E-state index in [0.717, 1.165) is 89.3 Å². The zero-order valence-electron chi connectivity index (χ0n) is 21.5.